The first-order chi connectivity index (χ1) is 10.6. The Labute approximate surface area is 133 Å². The first-order valence-electron chi connectivity index (χ1n) is 7.76. The van der Waals surface area contributed by atoms with Gasteiger partial charge in [0.2, 0.25) is 0 Å². The Bertz CT molecular complexity index is 593. The molecule has 0 saturated carbocycles. The number of hydrogen-bond donors (Lipinski definition) is 1. The molecular formula is C19H25NO2. The molecule has 0 aliphatic carbocycles. The van der Waals surface area contributed by atoms with Crippen molar-refractivity contribution in [3.8, 4) is 11.5 Å². The summed E-state index contributed by atoms with van der Waals surface area (Å²) in [5.74, 6) is 1.78. The van der Waals surface area contributed by atoms with E-state index in [9.17, 15) is 0 Å². The van der Waals surface area contributed by atoms with Gasteiger partial charge in [0.25, 0.3) is 0 Å². The number of aryl methyl sites for hydroxylation is 2. The lowest BCUT2D eigenvalue weighted by Gasteiger charge is -2.16. The summed E-state index contributed by atoms with van der Waals surface area (Å²) in [5, 5.41) is 0. The van der Waals surface area contributed by atoms with Gasteiger partial charge in [-0.25, -0.2) is 0 Å². The fraction of sp³-hybridized carbons (Fsp3) is 0.368. The van der Waals surface area contributed by atoms with Gasteiger partial charge in [0.05, 0.1) is 13.7 Å². The van der Waals surface area contributed by atoms with Crippen LogP contribution in [0, 0.1) is 6.92 Å². The van der Waals surface area contributed by atoms with Gasteiger partial charge in [0.1, 0.15) is 11.5 Å². The van der Waals surface area contributed by atoms with Crippen LogP contribution < -0.4 is 15.2 Å². The topological polar surface area (TPSA) is 44.5 Å². The van der Waals surface area contributed by atoms with Crippen molar-refractivity contribution in [2.75, 3.05) is 13.7 Å². The molecule has 0 radical (unpaired) electrons. The summed E-state index contributed by atoms with van der Waals surface area (Å²) in [6.45, 7) is 4.75. The van der Waals surface area contributed by atoms with Crippen molar-refractivity contribution in [3.63, 3.8) is 0 Å². The van der Waals surface area contributed by atoms with Crippen molar-refractivity contribution < 1.29 is 9.47 Å². The molecule has 0 fully saturated rings. The summed E-state index contributed by atoms with van der Waals surface area (Å²) in [5.41, 5.74) is 9.91. The Morgan fingerprint density at radius 3 is 2.45 bits per heavy atom. The molecule has 3 heteroatoms. The largest absolute Gasteiger partial charge is 0.496 e. The van der Waals surface area contributed by atoms with Crippen LogP contribution >= 0.6 is 0 Å². The molecule has 3 nitrogen and oxygen atoms in total. The Hall–Kier alpha value is -2.00. The summed E-state index contributed by atoms with van der Waals surface area (Å²) in [4.78, 5) is 0. The van der Waals surface area contributed by atoms with E-state index in [2.05, 4.69) is 25.1 Å². The van der Waals surface area contributed by atoms with Gasteiger partial charge < -0.3 is 15.2 Å². The second-order valence-corrected chi connectivity index (χ2v) is 5.47. The average Bonchev–Trinajstić information content (AvgIpc) is 2.54. The monoisotopic (exact) mass is 299 g/mol. The molecule has 1 unspecified atom stereocenters. The molecule has 0 aromatic heterocycles. The van der Waals surface area contributed by atoms with E-state index in [1.807, 2.05) is 31.2 Å². The third-order valence-corrected chi connectivity index (χ3v) is 3.76. The summed E-state index contributed by atoms with van der Waals surface area (Å²) in [6, 6.07) is 14.3. The highest BCUT2D eigenvalue weighted by atomic mass is 16.5. The van der Waals surface area contributed by atoms with Crippen LogP contribution in [0.5, 0.6) is 11.5 Å². The molecule has 0 aliphatic heterocycles. The second-order valence-electron chi connectivity index (χ2n) is 5.47. The van der Waals surface area contributed by atoms with Crippen molar-refractivity contribution in [1.82, 2.24) is 0 Å². The zero-order valence-corrected chi connectivity index (χ0v) is 13.6. The molecule has 0 heterocycles. The minimum Gasteiger partial charge on any atom is -0.496 e. The molecule has 2 N–H and O–H groups in total. The first-order valence-corrected chi connectivity index (χ1v) is 7.76. The highest BCUT2D eigenvalue weighted by Gasteiger charge is 2.12. The minimum absolute atomic E-state index is 0.0265. The molecule has 0 saturated heterocycles. The maximum absolute atomic E-state index is 6.36. The van der Waals surface area contributed by atoms with E-state index < -0.39 is 0 Å². The lowest BCUT2D eigenvalue weighted by molar-refractivity contribution is 0.340. The molecule has 1 atom stereocenters. The van der Waals surface area contributed by atoms with Crippen LogP contribution in [0.25, 0.3) is 0 Å². The maximum Gasteiger partial charge on any atom is 0.123 e. The molecular weight excluding hydrogens is 274 g/mol. The van der Waals surface area contributed by atoms with Crippen LogP contribution in [0.4, 0.5) is 0 Å². The van der Waals surface area contributed by atoms with Crippen molar-refractivity contribution >= 4 is 0 Å². The Morgan fingerprint density at radius 1 is 1.09 bits per heavy atom. The summed E-state index contributed by atoms with van der Waals surface area (Å²) < 4.78 is 10.9. The van der Waals surface area contributed by atoms with Crippen LogP contribution in [0.2, 0.25) is 0 Å². The molecule has 2 aromatic carbocycles. The van der Waals surface area contributed by atoms with Gasteiger partial charge >= 0.3 is 0 Å². The van der Waals surface area contributed by atoms with Crippen LogP contribution in [-0.4, -0.2) is 13.7 Å². The predicted molar refractivity (Wildman–Crippen MR) is 90.6 cm³/mol. The zero-order valence-electron chi connectivity index (χ0n) is 13.6. The minimum atomic E-state index is -0.0265. The van der Waals surface area contributed by atoms with E-state index >= 15 is 0 Å². The van der Waals surface area contributed by atoms with E-state index in [4.69, 9.17) is 15.2 Å². The van der Waals surface area contributed by atoms with E-state index in [0.29, 0.717) is 6.61 Å². The van der Waals surface area contributed by atoms with Crippen molar-refractivity contribution in [3.05, 3.63) is 59.2 Å². The van der Waals surface area contributed by atoms with Crippen LogP contribution in [0.3, 0.4) is 0 Å². The van der Waals surface area contributed by atoms with Gasteiger partial charge in [-0.15, -0.1) is 0 Å². The van der Waals surface area contributed by atoms with Gasteiger partial charge in [-0.1, -0.05) is 29.8 Å². The third kappa shape index (κ3) is 4.25. The number of ether oxygens (including phenoxy) is 2. The predicted octanol–water partition coefficient (Wildman–Crippen LogP) is 4.03. The van der Waals surface area contributed by atoms with E-state index in [1.165, 1.54) is 11.1 Å². The highest BCUT2D eigenvalue weighted by Crippen LogP contribution is 2.27. The number of methoxy groups -OCH3 is 1. The molecule has 0 aliphatic rings. The smallest absolute Gasteiger partial charge is 0.123 e. The molecule has 118 valence electrons. The molecule has 0 bridgehead atoms. The van der Waals surface area contributed by atoms with E-state index in [0.717, 1.165) is 29.9 Å². The Morgan fingerprint density at radius 2 is 1.82 bits per heavy atom. The van der Waals surface area contributed by atoms with Crippen molar-refractivity contribution in [2.24, 2.45) is 5.73 Å². The fourth-order valence-corrected chi connectivity index (χ4v) is 2.54. The highest BCUT2D eigenvalue weighted by molar-refractivity contribution is 5.39. The average molecular weight is 299 g/mol. The van der Waals surface area contributed by atoms with Crippen LogP contribution in [0.15, 0.2) is 42.5 Å². The van der Waals surface area contributed by atoms with Gasteiger partial charge in [-0.2, -0.15) is 0 Å². The summed E-state index contributed by atoms with van der Waals surface area (Å²) in [7, 11) is 1.69. The normalized spacial score (nSPS) is 12.0. The van der Waals surface area contributed by atoms with E-state index in [-0.39, 0.29) is 6.04 Å². The Kier molecular flexibility index (Phi) is 5.84. The van der Waals surface area contributed by atoms with Gasteiger partial charge in [0, 0.05) is 11.6 Å². The fourth-order valence-electron chi connectivity index (χ4n) is 2.54. The molecule has 22 heavy (non-hydrogen) atoms. The van der Waals surface area contributed by atoms with Gasteiger partial charge in [0.15, 0.2) is 0 Å². The maximum atomic E-state index is 6.36. The summed E-state index contributed by atoms with van der Waals surface area (Å²) in [6.07, 6.45) is 1.82. The molecule has 0 amide bonds. The molecule has 2 aromatic rings. The number of benzene rings is 2. The standard InChI is InChI=1S/C19H25NO2/c1-4-22-16-9-6-15(7-10-16)8-11-18(20)17-13-14(2)5-12-19(17)21-3/h5-7,9-10,12-13,18H,4,8,11,20H2,1-3H3. The van der Waals surface area contributed by atoms with Gasteiger partial charge in [-0.3, -0.25) is 0 Å². The second kappa shape index (κ2) is 7.85. The SMILES string of the molecule is CCOc1ccc(CCC(N)c2cc(C)ccc2OC)cc1. The molecule has 2 rings (SSSR count). The van der Waals surface area contributed by atoms with Crippen molar-refractivity contribution in [2.45, 2.75) is 32.7 Å². The number of hydrogen-bond acceptors (Lipinski definition) is 3. The van der Waals surface area contributed by atoms with Gasteiger partial charge in [-0.05, 0) is 50.5 Å². The third-order valence-electron chi connectivity index (χ3n) is 3.76. The number of nitrogens with two attached hydrogens (primary N) is 1. The van der Waals surface area contributed by atoms with E-state index in [1.54, 1.807) is 7.11 Å². The first kappa shape index (κ1) is 16.4. The number of rotatable bonds is 7. The lowest BCUT2D eigenvalue weighted by Crippen LogP contribution is -2.13. The van der Waals surface area contributed by atoms with Crippen molar-refractivity contribution in [1.29, 1.82) is 0 Å². The zero-order chi connectivity index (χ0) is 15.9. The lowest BCUT2D eigenvalue weighted by atomic mass is 9.97. The Balaban J connectivity index is 2.00. The molecule has 0 spiro atoms. The van der Waals surface area contributed by atoms with Crippen LogP contribution in [-0.2, 0) is 6.42 Å². The quantitative estimate of drug-likeness (QED) is 0.839. The summed E-state index contributed by atoms with van der Waals surface area (Å²) >= 11 is 0. The van der Waals surface area contributed by atoms with Crippen LogP contribution in [0.1, 0.15) is 36.1 Å².